The number of benzene rings is 1. The molecule has 0 bridgehead atoms. The Kier molecular flexibility index (Phi) is 6.40. The summed E-state index contributed by atoms with van der Waals surface area (Å²) in [6.07, 6.45) is -0.199. The third-order valence-electron chi connectivity index (χ3n) is 2.68. The number of phenolic OH excluding ortho intramolecular Hbond substituents is 1. The van der Waals surface area contributed by atoms with E-state index in [1.807, 2.05) is 22.6 Å². The lowest BCUT2D eigenvalue weighted by Crippen LogP contribution is -2.41. The number of methoxy groups -OCH3 is 1. The molecule has 0 aromatic heterocycles. The first-order valence-electron chi connectivity index (χ1n) is 5.94. The van der Waals surface area contributed by atoms with Crippen LogP contribution in [0.1, 0.15) is 23.2 Å². The molecule has 114 valence electrons. The van der Waals surface area contributed by atoms with Crippen molar-refractivity contribution in [2.45, 2.75) is 18.9 Å². The van der Waals surface area contributed by atoms with E-state index in [9.17, 15) is 19.5 Å². The van der Waals surface area contributed by atoms with Gasteiger partial charge in [-0.05, 0) is 47.2 Å². The Morgan fingerprint density at radius 3 is 2.57 bits per heavy atom. The zero-order valence-electron chi connectivity index (χ0n) is 11.1. The molecular weight excluding hydrogens is 393 g/mol. The van der Waals surface area contributed by atoms with E-state index in [2.05, 4.69) is 10.1 Å². The molecule has 0 spiro atoms. The summed E-state index contributed by atoms with van der Waals surface area (Å²) < 4.78 is 4.99. The predicted molar refractivity (Wildman–Crippen MR) is 81.0 cm³/mol. The second kappa shape index (κ2) is 7.81. The standard InChI is InChI=1S/C13H14INO6/c1-21-11(17)5-4-9(13(19)20)15-12(18)7-2-3-8(14)10(16)6-7/h2-3,6,9,16H,4-5H2,1H3,(H,15,18)(H,19,20)/t9-/m1/s1. The van der Waals surface area contributed by atoms with Gasteiger partial charge in [0.1, 0.15) is 11.8 Å². The van der Waals surface area contributed by atoms with Gasteiger partial charge < -0.3 is 20.3 Å². The van der Waals surface area contributed by atoms with E-state index in [0.29, 0.717) is 3.57 Å². The van der Waals surface area contributed by atoms with Gasteiger partial charge in [-0.1, -0.05) is 0 Å². The Morgan fingerprint density at radius 1 is 1.38 bits per heavy atom. The van der Waals surface area contributed by atoms with Crippen LogP contribution >= 0.6 is 22.6 Å². The van der Waals surface area contributed by atoms with E-state index in [1.165, 1.54) is 25.3 Å². The highest BCUT2D eigenvalue weighted by Gasteiger charge is 2.22. The molecule has 0 aliphatic rings. The fourth-order valence-corrected chi connectivity index (χ4v) is 1.85. The number of phenols is 1. The highest BCUT2D eigenvalue weighted by molar-refractivity contribution is 14.1. The number of amides is 1. The number of hydrogen-bond donors (Lipinski definition) is 3. The van der Waals surface area contributed by atoms with E-state index in [4.69, 9.17) is 5.11 Å². The third-order valence-corrected chi connectivity index (χ3v) is 3.59. The SMILES string of the molecule is COC(=O)CC[C@@H](NC(=O)c1ccc(I)c(O)c1)C(=O)O. The van der Waals surface area contributed by atoms with Gasteiger partial charge in [-0.3, -0.25) is 9.59 Å². The zero-order valence-corrected chi connectivity index (χ0v) is 13.3. The molecule has 8 heteroatoms. The zero-order chi connectivity index (χ0) is 16.0. The summed E-state index contributed by atoms with van der Waals surface area (Å²) in [5.41, 5.74) is 0.136. The fourth-order valence-electron chi connectivity index (χ4n) is 1.52. The van der Waals surface area contributed by atoms with E-state index in [0.717, 1.165) is 0 Å². The molecule has 3 N–H and O–H groups in total. The van der Waals surface area contributed by atoms with Crippen molar-refractivity contribution in [1.29, 1.82) is 0 Å². The molecule has 1 atom stereocenters. The van der Waals surface area contributed by atoms with Crippen LogP contribution in [-0.2, 0) is 14.3 Å². The molecule has 1 aromatic carbocycles. The molecule has 0 aliphatic heterocycles. The highest BCUT2D eigenvalue weighted by Crippen LogP contribution is 2.20. The number of nitrogens with one attached hydrogen (secondary N) is 1. The van der Waals surface area contributed by atoms with Crippen molar-refractivity contribution in [2.24, 2.45) is 0 Å². The van der Waals surface area contributed by atoms with Crippen LogP contribution in [0.5, 0.6) is 5.75 Å². The first-order chi connectivity index (χ1) is 9.85. The number of halogens is 1. The summed E-state index contributed by atoms with van der Waals surface area (Å²) in [5.74, 6) is -2.51. The maximum absolute atomic E-state index is 11.9. The van der Waals surface area contributed by atoms with Crippen molar-refractivity contribution in [3.8, 4) is 5.75 Å². The quantitative estimate of drug-likeness (QED) is 0.482. The third kappa shape index (κ3) is 5.21. The van der Waals surface area contributed by atoms with Gasteiger partial charge in [0.25, 0.3) is 5.91 Å². The predicted octanol–water partition coefficient (Wildman–Crippen LogP) is 1.13. The lowest BCUT2D eigenvalue weighted by atomic mass is 10.1. The lowest BCUT2D eigenvalue weighted by molar-refractivity contribution is -0.142. The van der Waals surface area contributed by atoms with Gasteiger partial charge in [-0.2, -0.15) is 0 Å². The number of carbonyl (C=O) groups is 3. The van der Waals surface area contributed by atoms with E-state index >= 15 is 0 Å². The molecule has 7 nitrogen and oxygen atoms in total. The maximum Gasteiger partial charge on any atom is 0.326 e. The Morgan fingerprint density at radius 2 is 2.05 bits per heavy atom. The summed E-state index contributed by atoms with van der Waals surface area (Å²) in [6, 6.07) is 3.04. The van der Waals surface area contributed by atoms with Gasteiger partial charge >= 0.3 is 11.9 Å². The number of carboxylic acid groups (broad SMARTS) is 1. The van der Waals surface area contributed by atoms with Gasteiger partial charge in [0.15, 0.2) is 0 Å². The minimum absolute atomic E-state index is 0.0651. The maximum atomic E-state index is 11.9. The molecule has 0 radical (unpaired) electrons. The van der Waals surface area contributed by atoms with Gasteiger partial charge in [0.05, 0.1) is 10.7 Å². The second-order valence-electron chi connectivity index (χ2n) is 4.15. The molecule has 0 aliphatic carbocycles. The molecule has 1 aromatic rings. The van der Waals surface area contributed by atoms with Crippen LogP contribution in [0.4, 0.5) is 0 Å². The van der Waals surface area contributed by atoms with Crippen LogP contribution in [-0.4, -0.2) is 41.2 Å². The van der Waals surface area contributed by atoms with Crippen LogP contribution in [0, 0.1) is 3.57 Å². The Hall–Kier alpha value is -1.84. The van der Waals surface area contributed by atoms with Crippen molar-refractivity contribution in [3.63, 3.8) is 0 Å². The van der Waals surface area contributed by atoms with Crippen LogP contribution in [0.15, 0.2) is 18.2 Å². The number of esters is 1. The Bertz CT molecular complexity index is 560. The van der Waals surface area contributed by atoms with E-state index in [-0.39, 0.29) is 24.2 Å². The summed E-state index contributed by atoms with van der Waals surface area (Å²) in [4.78, 5) is 34.0. The van der Waals surface area contributed by atoms with Crippen molar-refractivity contribution in [3.05, 3.63) is 27.3 Å². The molecule has 0 saturated carbocycles. The minimum atomic E-state index is -1.25. The molecule has 1 rings (SSSR count). The average molecular weight is 407 g/mol. The molecular formula is C13H14INO6. The smallest absolute Gasteiger partial charge is 0.326 e. The highest BCUT2D eigenvalue weighted by atomic mass is 127. The van der Waals surface area contributed by atoms with Crippen molar-refractivity contribution < 1.29 is 29.3 Å². The molecule has 0 fully saturated rings. The summed E-state index contributed by atoms with van der Waals surface area (Å²) >= 11 is 1.90. The summed E-state index contributed by atoms with van der Waals surface area (Å²) in [7, 11) is 1.20. The second-order valence-corrected chi connectivity index (χ2v) is 5.31. The number of carboxylic acids is 1. The topological polar surface area (TPSA) is 113 Å². The number of carbonyl (C=O) groups excluding carboxylic acids is 2. The number of rotatable bonds is 6. The van der Waals surface area contributed by atoms with Crippen molar-refractivity contribution >= 4 is 40.4 Å². The molecule has 0 saturated heterocycles. The molecule has 0 unspecified atom stereocenters. The van der Waals surface area contributed by atoms with Crippen LogP contribution < -0.4 is 5.32 Å². The number of hydrogen-bond acceptors (Lipinski definition) is 5. The van der Waals surface area contributed by atoms with Gasteiger partial charge in [0, 0.05) is 12.0 Å². The van der Waals surface area contributed by atoms with Gasteiger partial charge in [-0.25, -0.2) is 4.79 Å². The Labute approximate surface area is 134 Å². The fraction of sp³-hybridized carbons (Fsp3) is 0.308. The number of aromatic hydroxyl groups is 1. The van der Waals surface area contributed by atoms with Crippen LogP contribution in [0.25, 0.3) is 0 Å². The number of aliphatic carboxylic acids is 1. The lowest BCUT2D eigenvalue weighted by Gasteiger charge is -2.14. The first-order valence-corrected chi connectivity index (χ1v) is 7.02. The summed E-state index contributed by atoms with van der Waals surface area (Å²) in [6.45, 7) is 0. The minimum Gasteiger partial charge on any atom is -0.507 e. The normalized spacial score (nSPS) is 11.5. The monoisotopic (exact) mass is 407 g/mol. The summed E-state index contributed by atoms with van der Waals surface area (Å²) in [5, 5.41) is 20.9. The van der Waals surface area contributed by atoms with Gasteiger partial charge in [-0.15, -0.1) is 0 Å². The number of ether oxygens (including phenoxy) is 1. The van der Waals surface area contributed by atoms with Crippen LogP contribution in [0.3, 0.4) is 0 Å². The largest absolute Gasteiger partial charge is 0.507 e. The average Bonchev–Trinajstić information content (AvgIpc) is 2.45. The first kappa shape index (κ1) is 17.2. The van der Waals surface area contributed by atoms with Gasteiger partial charge in [0.2, 0.25) is 0 Å². The van der Waals surface area contributed by atoms with E-state index < -0.39 is 23.9 Å². The Balaban J connectivity index is 2.74. The molecule has 21 heavy (non-hydrogen) atoms. The van der Waals surface area contributed by atoms with E-state index in [1.54, 1.807) is 0 Å². The molecule has 1 amide bonds. The van der Waals surface area contributed by atoms with Crippen LogP contribution in [0.2, 0.25) is 0 Å². The van der Waals surface area contributed by atoms with Crippen molar-refractivity contribution in [2.75, 3.05) is 7.11 Å². The molecule has 0 heterocycles. The van der Waals surface area contributed by atoms with Crippen molar-refractivity contribution in [1.82, 2.24) is 5.32 Å².